The summed E-state index contributed by atoms with van der Waals surface area (Å²) in [6.45, 7) is 0. The number of oxazole rings is 1. The van der Waals surface area contributed by atoms with E-state index in [2.05, 4.69) is 33.2 Å². The normalized spacial score (nSPS) is 10.3. The van der Waals surface area contributed by atoms with Gasteiger partial charge in [0, 0.05) is 55.0 Å². The van der Waals surface area contributed by atoms with E-state index < -0.39 is 0 Å². The van der Waals surface area contributed by atoms with Crippen molar-refractivity contribution in [2.24, 2.45) is 0 Å². The number of pyridine rings is 2. The van der Waals surface area contributed by atoms with Crippen molar-refractivity contribution in [3.05, 3.63) is 139 Å². The Labute approximate surface area is 249 Å². The molecule has 0 saturated heterocycles. The van der Waals surface area contributed by atoms with Crippen LogP contribution in [0.25, 0.3) is 55.8 Å². The van der Waals surface area contributed by atoms with Crippen LogP contribution in [-0.4, -0.2) is 15.0 Å². The van der Waals surface area contributed by atoms with Crippen molar-refractivity contribution in [3.63, 3.8) is 0 Å². The van der Waals surface area contributed by atoms with Gasteiger partial charge in [0.05, 0.1) is 11.7 Å². The Bertz CT molecular complexity index is 1970. The zero-order chi connectivity index (χ0) is 27.3. The predicted octanol–water partition coefficient (Wildman–Crippen LogP) is 8.07. The summed E-state index contributed by atoms with van der Waals surface area (Å²) in [7, 11) is 0. The molecule has 0 spiro atoms. The van der Waals surface area contributed by atoms with Crippen molar-refractivity contribution in [2.45, 2.75) is 0 Å². The molecule has 0 unspecified atom stereocenters. The van der Waals surface area contributed by atoms with Crippen LogP contribution in [0.4, 0.5) is 4.39 Å². The summed E-state index contributed by atoms with van der Waals surface area (Å²) >= 11 is 0. The van der Waals surface area contributed by atoms with Gasteiger partial charge in [-0.2, -0.15) is 0 Å². The molecule has 0 atom stereocenters. The van der Waals surface area contributed by atoms with E-state index in [1.165, 1.54) is 12.1 Å². The van der Waals surface area contributed by atoms with Gasteiger partial charge < -0.3 is 14.4 Å². The Hall–Kier alpha value is -5.02. The first-order chi connectivity index (χ1) is 19.7. The monoisotopic (exact) mass is 711 g/mol. The van der Waals surface area contributed by atoms with Gasteiger partial charge in [-0.25, -0.2) is 5.26 Å². The fourth-order valence-corrected chi connectivity index (χ4v) is 4.24. The van der Waals surface area contributed by atoms with Gasteiger partial charge in [0.2, 0.25) is 5.89 Å². The van der Waals surface area contributed by atoms with Gasteiger partial charge in [-0.15, -0.1) is 42.0 Å². The number of fused-ring (bicyclic) bond motifs is 2. The summed E-state index contributed by atoms with van der Waals surface area (Å²) in [6.07, 6.45) is 3.53. The fourth-order valence-electron chi connectivity index (χ4n) is 4.24. The van der Waals surface area contributed by atoms with Crippen LogP contribution in [-0.2, 0) is 20.1 Å². The van der Waals surface area contributed by atoms with E-state index >= 15 is 0 Å². The molecule has 0 amide bonds. The first-order valence-electron chi connectivity index (χ1n) is 12.4. The number of nitrogens with zero attached hydrogens (tertiary/aromatic N) is 4. The zero-order valence-electron chi connectivity index (χ0n) is 21.4. The van der Waals surface area contributed by atoms with Crippen molar-refractivity contribution in [1.82, 2.24) is 15.0 Å². The van der Waals surface area contributed by atoms with Gasteiger partial charge in [0.15, 0.2) is 0 Å². The number of hydrogen-bond donors (Lipinski definition) is 0. The molecule has 0 aliphatic rings. The Morgan fingerprint density at radius 1 is 0.780 bits per heavy atom. The van der Waals surface area contributed by atoms with Crippen LogP contribution in [0.3, 0.4) is 0 Å². The molecule has 199 valence electrons. The number of hydrogen-bond acceptors (Lipinski definition) is 5. The van der Waals surface area contributed by atoms with Crippen molar-refractivity contribution in [3.8, 4) is 40.0 Å². The third-order valence-corrected chi connectivity index (χ3v) is 6.21. The molecule has 1 radical (unpaired) electrons. The molecule has 0 N–H and O–H groups in total. The van der Waals surface area contributed by atoms with Crippen LogP contribution in [0.15, 0.2) is 120 Å². The van der Waals surface area contributed by atoms with E-state index in [4.69, 9.17) is 4.42 Å². The second-order valence-corrected chi connectivity index (χ2v) is 8.80. The smallest absolute Gasteiger partial charge is 0.215 e. The molecule has 3 aromatic heterocycles. The van der Waals surface area contributed by atoms with Crippen molar-refractivity contribution in [1.29, 1.82) is 5.26 Å². The van der Waals surface area contributed by atoms with E-state index in [0.717, 1.165) is 38.9 Å². The summed E-state index contributed by atoms with van der Waals surface area (Å²) in [5, 5.41) is 11.6. The zero-order valence-corrected chi connectivity index (χ0v) is 23.8. The van der Waals surface area contributed by atoms with E-state index in [1.54, 1.807) is 18.3 Å². The molecular formula is C34H19FIrN4O-2. The van der Waals surface area contributed by atoms with E-state index in [1.807, 2.05) is 85.1 Å². The van der Waals surface area contributed by atoms with E-state index in [9.17, 15) is 9.65 Å². The molecule has 7 aromatic rings. The minimum absolute atomic E-state index is 0. The Morgan fingerprint density at radius 2 is 1.56 bits per heavy atom. The molecule has 3 heterocycles. The predicted molar refractivity (Wildman–Crippen MR) is 152 cm³/mol. The van der Waals surface area contributed by atoms with Crippen LogP contribution < -0.4 is 0 Å². The third kappa shape index (κ3) is 5.95. The SMILES string of the molecule is Fc1c[c-]c(-c2ccccn2)cc1.N#Cc1c[c-]c(-c2cc3ccccc3cn2)c2nc(-c3ccccc3)oc12.[Ir]. The average molecular weight is 711 g/mol. The number of aromatic nitrogens is 3. The summed E-state index contributed by atoms with van der Waals surface area (Å²) in [5.41, 5.74) is 5.40. The fraction of sp³-hybridized carbons (Fsp3) is 0. The molecule has 7 rings (SSSR count). The number of halogens is 1. The van der Waals surface area contributed by atoms with Crippen LogP contribution >= 0.6 is 0 Å². The van der Waals surface area contributed by atoms with Gasteiger partial charge in [-0.1, -0.05) is 66.2 Å². The number of rotatable bonds is 3. The maximum atomic E-state index is 12.6. The molecule has 4 aromatic carbocycles. The molecule has 0 saturated carbocycles. The quantitative estimate of drug-likeness (QED) is 0.174. The third-order valence-electron chi connectivity index (χ3n) is 6.21. The molecule has 0 bridgehead atoms. The first kappa shape index (κ1) is 27.5. The molecule has 41 heavy (non-hydrogen) atoms. The maximum absolute atomic E-state index is 12.6. The van der Waals surface area contributed by atoms with Gasteiger partial charge in [-0.05, 0) is 40.4 Å². The summed E-state index contributed by atoms with van der Waals surface area (Å²) < 4.78 is 18.5. The van der Waals surface area contributed by atoms with Crippen molar-refractivity contribution >= 4 is 21.9 Å². The average Bonchev–Trinajstić information content (AvgIpc) is 3.48. The molecule has 0 fully saturated rings. The van der Waals surface area contributed by atoms with E-state index in [-0.39, 0.29) is 25.9 Å². The largest absolute Gasteiger partial charge is 0.455 e. The molecule has 5 nitrogen and oxygen atoms in total. The summed E-state index contributed by atoms with van der Waals surface area (Å²) in [4.78, 5) is 13.4. The second-order valence-electron chi connectivity index (χ2n) is 8.80. The Morgan fingerprint density at radius 3 is 2.29 bits per heavy atom. The van der Waals surface area contributed by atoms with Crippen molar-refractivity contribution in [2.75, 3.05) is 0 Å². The second kappa shape index (κ2) is 12.4. The van der Waals surface area contributed by atoms with Gasteiger partial charge >= 0.3 is 0 Å². The topological polar surface area (TPSA) is 75.6 Å². The molecular weight excluding hydrogens is 692 g/mol. The maximum Gasteiger partial charge on any atom is 0.215 e. The summed E-state index contributed by atoms with van der Waals surface area (Å²) in [5.74, 6) is 0.198. The van der Waals surface area contributed by atoms with Crippen LogP contribution in [0, 0.1) is 29.3 Å². The summed E-state index contributed by atoms with van der Waals surface area (Å²) in [6, 6.07) is 39.4. The van der Waals surface area contributed by atoms with Crippen LogP contribution in [0.2, 0.25) is 0 Å². The first-order valence-corrected chi connectivity index (χ1v) is 12.4. The van der Waals surface area contributed by atoms with Gasteiger partial charge in [0.25, 0.3) is 0 Å². The minimum Gasteiger partial charge on any atom is -0.455 e. The number of benzene rings is 4. The van der Waals surface area contributed by atoms with E-state index in [0.29, 0.717) is 22.6 Å². The molecule has 7 heteroatoms. The van der Waals surface area contributed by atoms with Gasteiger partial charge in [0.1, 0.15) is 0 Å². The Kier molecular flexibility index (Phi) is 8.36. The molecule has 0 aliphatic heterocycles. The van der Waals surface area contributed by atoms with Crippen molar-refractivity contribution < 1.29 is 28.9 Å². The Balaban J connectivity index is 0.000000204. The number of nitriles is 1. The van der Waals surface area contributed by atoms with Crippen LogP contribution in [0.5, 0.6) is 0 Å². The standard InChI is InChI=1S/C23H12N3O.C11H7FN.Ir/c24-13-17-10-11-19(20-12-16-8-4-5-9-18(16)14-25-20)21-22(17)27-23(26-21)15-6-2-1-3-7-15;12-10-6-4-9(5-7-10)11-3-1-2-8-13-11;/h1-10,12,14H;1-4,6-8H;/q2*-1;. The minimum atomic E-state index is -0.278. The molecule has 0 aliphatic carbocycles. The van der Waals surface area contributed by atoms with Gasteiger partial charge in [-0.3, -0.25) is 9.37 Å². The van der Waals surface area contributed by atoms with Crippen LogP contribution in [0.1, 0.15) is 5.56 Å².